The molecule has 0 unspecified atom stereocenters. The number of hydrogen-bond acceptors (Lipinski definition) is 1. The van der Waals surface area contributed by atoms with E-state index < -0.39 is 0 Å². The Balaban J connectivity index is 2.86. The molecule has 64 valence electrons. The van der Waals surface area contributed by atoms with E-state index in [9.17, 15) is 0 Å². The molecule has 2 rings (SSSR count). The third-order valence-electron chi connectivity index (χ3n) is 1.93. The summed E-state index contributed by atoms with van der Waals surface area (Å²) in [4.78, 5) is 4.13. The van der Waals surface area contributed by atoms with Crippen LogP contribution in [0.3, 0.4) is 0 Å². The number of terminal acetylenes is 1. The van der Waals surface area contributed by atoms with Crippen LogP contribution in [0, 0.1) is 19.3 Å². The number of nitrogens with zero attached hydrogens (tertiary/aromatic N) is 2. The molecule has 0 aliphatic heterocycles. The molecule has 0 spiro atoms. The second kappa shape index (κ2) is 2.79. The van der Waals surface area contributed by atoms with Crippen molar-refractivity contribution in [3.63, 3.8) is 0 Å². The molecule has 0 radical (unpaired) electrons. The van der Waals surface area contributed by atoms with Gasteiger partial charge in [0.05, 0.1) is 6.20 Å². The van der Waals surface area contributed by atoms with Gasteiger partial charge in [-0.15, -0.1) is 6.42 Å². The largest absolute Gasteiger partial charge is 0.293 e. The van der Waals surface area contributed by atoms with Crippen LogP contribution in [0.25, 0.3) is 5.65 Å². The van der Waals surface area contributed by atoms with Crippen molar-refractivity contribution >= 4 is 17.2 Å². The zero-order valence-corrected chi connectivity index (χ0v) is 7.84. The highest BCUT2D eigenvalue weighted by atomic mass is 35.5. The predicted octanol–water partition coefficient (Wildman–Crippen LogP) is 2.28. The zero-order valence-electron chi connectivity index (χ0n) is 7.08. The minimum Gasteiger partial charge on any atom is -0.293 e. The molecule has 0 amide bonds. The minimum atomic E-state index is 0.710. The van der Waals surface area contributed by atoms with E-state index in [1.165, 1.54) is 0 Å². The summed E-state index contributed by atoms with van der Waals surface area (Å²) in [5.41, 5.74) is 2.52. The topological polar surface area (TPSA) is 17.3 Å². The molecular formula is C10H7ClN2. The third kappa shape index (κ3) is 1.18. The summed E-state index contributed by atoms with van der Waals surface area (Å²) in [6, 6.07) is 1.80. The van der Waals surface area contributed by atoms with Gasteiger partial charge in [0.2, 0.25) is 0 Å². The molecule has 13 heavy (non-hydrogen) atoms. The highest BCUT2D eigenvalue weighted by Gasteiger charge is 2.03. The Labute approximate surface area is 81.2 Å². The fourth-order valence-electron chi connectivity index (χ4n) is 1.21. The Morgan fingerprint density at radius 1 is 1.62 bits per heavy atom. The summed E-state index contributed by atoms with van der Waals surface area (Å²) in [5.74, 6) is 2.55. The van der Waals surface area contributed by atoms with Gasteiger partial charge in [-0.25, -0.2) is 4.98 Å². The molecule has 0 atom stereocenters. The Kier molecular flexibility index (Phi) is 1.75. The molecule has 0 N–H and O–H groups in total. The number of rotatable bonds is 0. The molecule has 2 nitrogen and oxygen atoms in total. The normalized spacial score (nSPS) is 10.2. The van der Waals surface area contributed by atoms with Gasteiger partial charge in [0, 0.05) is 17.3 Å². The Hall–Kier alpha value is -1.46. The van der Waals surface area contributed by atoms with Crippen LogP contribution in [0.4, 0.5) is 0 Å². The number of pyridine rings is 1. The number of hydrogen-bond donors (Lipinski definition) is 0. The average Bonchev–Trinajstić information content (AvgIpc) is 2.48. The van der Waals surface area contributed by atoms with E-state index in [0.29, 0.717) is 5.02 Å². The van der Waals surface area contributed by atoms with Crippen LogP contribution in [-0.2, 0) is 0 Å². The molecule has 2 heterocycles. The molecule has 0 saturated carbocycles. The summed E-state index contributed by atoms with van der Waals surface area (Å²) in [6.07, 6.45) is 8.85. The molecule has 0 bridgehead atoms. The molecule has 0 fully saturated rings. The predicted molar refractivity (Wildman–Crippen MR) is 52.9 cm³/mol. The summed E-state index contributed by atoms with van der Waals surface area (Å²) < 4.78 is 1.85. The van der Waals surface area contributed by atoms with Gasteiger partial charge in [-0.2, -0.15) is 0 Å². The van der Waals surface area contributed by atoms with Crippen molar-refractivity contribution in [2.45, 2.75) is 6.92 Å². The molecule has 0 saturated heterocycles. The zero-order chi connectivity index (χ0) is 9.42. The fraction of sp³-hybridized carbons (Fsp3) is 0.100. The Bertz CT molecular complexity index is 505. The van der Waals surface area contributed by atoms with Gasteiger partial charge in [0.1, 0.15) is 11.3 Å². The van der Waals surface area contributed by atoms with Crippen molar-refractivity contribution in [2.24, 2.45) is 0 Å². The first-order chi connectivity index (χ1) is 6.22. The van der Waals surface area contributed by atoms with E-state index in [4.69, 9.17) is 18.0 Å². The summed E-state index contributed by atoms with van der Waals surface area (Å²) >= 11 is 5.94. The van der Waals surface area contributed by atoms with Gasteiger partial charge in [-0.1, -0.05) is 17.5 Å². The average molecular weight is 191 g/mol. The second-order valence-corrected chi connectivity index (χ2v) is 3.23. The summed E-state index contributed by atoms with van der Waals surface area (Å²) in [7, 11) is 0. The van der Waals surface area contributed by atoms with Crippen molar-refractivity contribution in [3.8, 4) is 12.3 Å². The van der Waals surface area contributed by atoms with E-state index in [1.54, 1.807) is 12.3 Å². The lowest BCUT2D eigenvalue weighted by atomic mass is 10.3. The monoisotopic (exact) mass is 190 g/mol. The molecule has 3 heteroatoms. The molecule has 2 aromatic rings. The van der Waals surface area contributed by atoms with Crippen LogP contribution in [0.15, 0.2) is 18.5 Å². The highest BCUT2D eigenvalue weighted by molar-refractivity contribution is 6.31. The van der Waals surface area contributed by atoms with Crippen LogP contribution in [-0.4, -0.2) is 9.38 Å². The first-order valence-electron chi connectivity index (χ1n) is 3.82. The van der Waals surface area contributed by atoms with Crippen LogP contribution in [0.1, 0.15) is 11.3 Å². The van der Waals surface area contributed by atoms with Crippen LogP contribution in [0.5, 0.6) is 0 Å². The van der Waals surface area contributed by atoms with E-state index in [1.807, 2.05) is 17.5 Å². The molecule has 0 aliphatic carbocycles. The van der Waals surface area contributed by atoms with Gasteiger partial charge >= 0.3 is 0 Å². The second-order valence-electron chi connectivity index (χ2n) is 2.82. The third-order valence-corrected chi connectivity index (χ3v) is 2.34. The Morgan fingerprint density at radius 2 is 2.38 bits per heavy atom. The molecule has 0 aliphatic rings. The molecule has 0 aromatic carbocycles. The molecular weight excluding hydrogens is 184 g/mol. The van der Waals surface area contributed by atoms with Crippen molar-refractivity contribution < 1.29 is 0 Å². The summed E-state index contributed by atoms with van der Waals surface area (Å²) in [6.45, 7) is 1.93. The maximum absolute atomic E-state index is 5.94. The maximum atomic E-state index is 5.94. The molecule has 2 aromatic heterocycles. The van der Waals surface area contributed by atoms with Gasteiger partial charge in [0.15, 0.2) is 0 Å². The van der Waals surface area contributed by atoms with Crippen LogP contribution in [0.2, 0.25) is 5.02 Å². The van der Waals surface area contributed by atoms with Gasteiger partial charge < -0.3 is 0 Å². The highest BCUT2D eigenvalue weighted by Crippen LogP contribution is 2.17. The van der Waals surface area contributed by atoms with Gasteiger partial charge in [-0.05, 0) is 12.5 Å². The SMILES string of the molecule is C#Cc1cnc2cc(Cl)c(C)cn12. The lowest BCUT2D eigenvalue weighted by molar-refractivity contribution is 1.14. The van der Waals surface area contributed by atoms with Crippen molar-refractivity contribution in [1.29, 1.82) is 0 Å². The van der Waals surface area contributed by atoms with Crippen LogP contribution < -0.4 is 0 Å². The maximum Gasteiger partial charge on any atom is 0.139 e. The van der Waals surface area contributed by atoms with Gasteiger partial charge in [0.25, 0.3) is 0 Å². The van der Waals surface area contributed by atoms with Crippen molar-refractivity contribution in [2.75, 3.05) is 0 Å². The number of aryl methyl sites for hydroxylation is 1. The quantitative estimate of drug-likeness (QED) is 0.583. The summed E-state index contributed by atoms with van der Waals surface area (Å²) in [5, 5.41) is 0.710. The smallest absolute Gasteiger partial charge is 0.139 e. The first-order valence-corrected chi connectivity index (χ1v) is 4.20. The van der Waals surface area contributed by atoms with Gasteiger partial charge in [-0.3, -0.25) is 4.40 Å². The fourth-order valence-corrected chi connectivity index (χ4v) is 1.35. The minimum absolute atomic E-state index is 0.710. The van der Waals surface area contributed by atoms with E-state index in [0.717, 1.165) is 16.9 Å². The van der Waals surface area contributed by atoms with Crippen molar-refractivity contribution in [1.82, 2.24) is 9.38 Å². The first kappa shape index (κ1) is 8.15. The number of aromatic nitrogens is 2. The van der Waals surface area contributed by atoms with E-state index in [2.05, 4.69) is 10.9 Å². The lowest BCUT2D eigenvalue weighted by Crippen LogP contribution is -1.89. The van der Waals surface area contributed by atoms with E-state index >= 15 is 0 Å². The number of fused-ring (bicyclic) bond motifs is 1. The van der Waals surface area contributed by atoms with Crippen LogP contribution >= 0.6 is 11.6 Å². The number of halogens is 1. The van der Waals surface area contributed by atoms with Crippen molar-refractivity contribution in [3.05, 3.63) is 34.7 Å². The van der Waals surface area contributed by atoms with E-state index in [-0.39, 0.29) is 0 Å². The standard InChI is InChI=1S/C10H7ClN2/c1-3-8-5-12-10-4-9(11)7(2)6-13(8)10/h1,4-6H,2H3. The number of imidazole rings is 1. The lowest BCUT2D eigenvalue weighted by Gasteiger charge is -1.99. The Morgan fingerprint density at radius 3 is 3.08 bits per heavy atom.